The standard InChI is InChI=1S/C22H22ClN3O/c1-15-3-2-4-16(13-15)22(27)25-18-8-11-26(12-9-18)21-7-10-24-20-14-17(23)5-6-19(20)21/h2-7,10,13-14,18H,8-9,11-12H2,1H3,(H,25,27). The minimum absolute atomic E-state index is 0.0150. The van der Waals surface area contributed by atoms with Crippen LogP contribution in [0.15, 0.2) is 54.7 Å². The molecule has 2 heterocycles. The molecule has 0 radical (unpaired) electrons. The van der Waals surface area contributed by atoms with Gasteiger partial charge >= 0.3 is 0 Å². The Bertz CT molecular complexity index is 980. The Morgan fingerprint density at radius 2 is 1.96 bits per heavy atom. The van der Waals surface area contributed by atoms with E-state index < -0.39 is 0 Å². The van der Waals surface area contributed by atoms with Crippen molar-refractivity contribution >= 4 is 34.1 Å². The second-order valence-electron chi connectivity index (χ2n) is 7.10. The number of halogens is 1. The topological polar surface area (TPSA) is 45.2 Å². The van der Waals surface area contributed by atoms with Gasteiger partial charge in [-0.3, -0.25) is 9.78 Å². The molecular weight excluding hydrogens is 358 g/mol. The Balaban J connectivity index is 1.43. The summed E-state index contributed by atoms with van der Waals surface area (Å²) in [4.78, 5) is 19.3. The fraction of sp³-hybridized carbons (Fsp3) is 0.273. The van der Waals surface area contributed by atoms with Crippen LogP contribution in [0.1, 0.15) is 28.8 Å². The number of amides is 1. The van der Waals surface area contributed by atoms with Gasteiger partial charge in [0.1, 0.15) is 0 Å². The summed E-state index contributed by atoms with van der Waals surface area (Å²) >= 11 is 6.09. The quantitative estimate of drug-likeness (QED) is 0.723. The highest BCUT2D eigenvalue weighted by Gasteiger charge is 2.22. The molecule has 4 nitrogen and oxygen atoms in total. The van der Waals surface area contributed by atoms with Crippen molar-refractivity contribution in [2.45, 2.75) is 25.8 Å². The van der Waals surface area contributed by atoms with Gasteiger partial charge in [-0.05, 0) is 56.2 Å². The van der Waals surface area contributed by atoms with E-state index >= 15 is 0 Å². The fourth-order valence-corrected chi connectivity index (χ4v) is 3.87. The van der Waals surface area contributed by atoms with Crippen LogP contribution in [0.25, 0.3) is 10.9 Å². The zero-order valence-corrected chi connectivity index (χ0v) is 16.0. The molecule has 5 heteroatoms. The van der Waals surface area contributed by atoms with Crippen molar-refractivity contribution in [2.24, 2.45) is 0 Å². The summed E-state index contributed by atoms with van der Waals surface area (Å²) in [6.07, 6.45) is 3.68. The van der Waals surface area contributed by atoms with E-state index in [0.29, 0.717) is 5.02 Å². The van der Waals surface area contributed by atoms with E-state index in [4.69, 9.17) is 11.6 Å². The average Bonchev–Trinajstić information content (AvgIpc) is 2.68. The van der Waals surface area contributed by atoms with Crippen LogP contribution in [0.2, 0.25) is 5.02 Å². The van der Waals surface area contributed by atoms with E-state index in [-0.39, 0.29) is 11.9 Å². The van der Waals surface area contributed by atoms with Gasteiger partial charge in [-0.1, -0.05) is 29.3 Å². The number of piperidine rings is 1. The normalized spacial score (nSPS) is 15.1. The van der Waals surface area contributed by atoms with Gasteiger partial charge in [-0.15, -0.1) is 0 Å². The number of aromatic nitrogens is 1. The summed E-state index contributed by atoms with van der Waals surface area (Å²) in [6, 6.07) is 15.8. The van der Waals surface area contributed by atoms with Crippen molar-refractivity contribution in [3.63, 3.8) is 0 Å². The summed E-state index contributed by atoms with van der Waals surface area (Å²) in [5.41, 5.74) is 3.92. The highest BCUT2D eigenvalue weighted by Crippen LogP contribution is 2.29. The van der Waals surface area contributed by atoms with Crippen LogP contribution < -0.4 is 10.2 Å². The van der Waals surface area contributed by atoms with Gasteiger partial charge in [-0.25, -0.2) is 0 Å². The summed E-state index contributed by atoms with van der Waals surface area (Å²) in [5.74, 6) is 0.0150. The Morgan fingerprint density at radius 1 is 1.15 bits per heavy atom. The first-order chi connectivity index (χ1) is 13.1. The maximum absolute atomic E-state index is 12.5. The van der Waals surface area contributed by atoms with Crippen LogP contribution >= 0.6 is 11.6 Å². The molecule has 1 aliphatic rings. The van der Waals surface area contributed by atoms with Gasteiger partial charge in [0.25, 0.3) is 5.91 Å². The number of nitrogens with one attached hydrogen (secondary N) is 1. The first kappa shape index (κ1) is 17.8. The van der Waals surface area contributed by atoms with E-state index in [1.165, 1.54) is 5.69 Å². The van der Waals surface area contributed by atoms with Gasteiger partial charge in [-0.2, -0.15) is 0 Å². The molecule has 0 spiro atoms. The Hall–Kier alpha value is -2.59. The lowest BCUT2D eigenvalue weighted by atomic mass is 10.0. The molecule has 1 aromatic heterocycles. The number of benzene rings is 2. The monoisotopic (exact) mass is 379 g/mol. The molecule has 1 amide bonds. The minimum Gasteiger partial charge on any atom is -0.371 e. The van der Waals surface area contributed by atoms with Crippen molar-refractivity contribution in [1.82, 2.24) is 10.3 Å². The zero-order valence-electron chi connectivity index (χ0n) is 15.3. The van der Waals surface area contributed by atoms with E-state index in [2.05, 4.69) is 21.3 Å². The van der Waals surface area contributed by atoms with Gasteiger partial charge in [0.2, 0.25) is 0 Å². The maximum atomic E-state index is 12.5. The smallest absolute Gasteiger partial charge is 0.251 e. The number of carbonyl (C=O) groups is 1. The number of hydrogen-bond acceptors (Lipinski definition) is 3. The molecule has 1 fully saturated rings. The third-order valence-electron chi connectivity index (χ3n) is 5.13. The molecule has 27 heavy (non-hydrogen) atoms. The third-order valence-corrected chi connectivity index (χ3v) is 5.37. The van der Waals surface area contributed by atoms with E-state index in [0.717, 1.165) is 48.0 Å². The van der Waals surface area contributed by atoms with Crippen LogP contribution in [-0.2, 0) is 0 Å². The van der Waals surface area contributed by atoms with Gasteiger partial charge < -0.3 is 10.2 Å². The molecule has 2 aromatic carbocycles. The summed E-state index contributed by atoms with van der Waals surface area (Å²) in [6.45, 7) is 3.81. The Morgan fingerprint density at radius 3 is 2.74 bits per heavy atom. The minimum atomic E-state index is 0.0150. The molecule has 0 aliphatic carbocycles. The van der Waals surface area contributed by atoms with E-state index in [9.17, 15) is 4.79 Å². The molecule has 0 atom stereocenters. The molecule has 138 valence electrons. The highest BCUT2D eigenvalue weighted by atomic mass is 35.5. The lowest BCUT2D eigenvalue weighted by Gasteiger charge is -2.34. The maximum Gasteiger partial charge on any atom is 0.251 e. The van der Waals surface area contributed by atoms with Crippen molar-refractivity contribution in [3.8, 4) is 0 Å². The van der Waals surface area contributed by atoms with E-state index in [1.54, 1.807) is 0 Å². The Labute approximate surface area is 164 Å². The van der Waals surface area contributed by atoms with Crippen molar-refractivity contribution in [3.05, 3.63) is 70.9 Å². The molecule has 0 saturated carbocycles. The largest absolute Gasteiger partial charge is 0.371 e. The van der Waals surface area contributed by atoms with Crippen LogP contribution in [0.5, 0.6) is 0 Å². The second-order valence-corrected chi connectivity index (χ2v) is 7.53. The fourth-order valence-electron chi connectivity index (χ4n) is 3.70. The first-order valence-electron chi connectivity index (χ1n) is 9.27. The van der Waals surface area contributed by atoms with Crippen molar-refractivity contribution in [2.75, 3.05) is 18.0 Å². The number of pyridine rings is 1. The van der Waals surface area contributed by atoms with Gasteiger partial charge in [0.15, 0.2) is 0 Å². The molecule has 4 rings (SSSR count). The molecule has 3 aromatic rings. The predicted octanol–water partition coefficient (Wildman–Crippen LogP) is 4.60. The number of nitrogens with zero attached hydrogens (tertiary/aromatic N) is 2. The summed E-state index contributed by atoms with van der Waals surface area (Å²) in [7, 11) is 0. The van der Waals surface area contributed by atoms with Crippen LogP contribution in [0.3, 0.4) is 0 Å². The lowest BCUT2D eigenvalue weighted by Crippen LogP contribution is -2.44. The molecule has 1 saturated heterocycles. The van der Waals surface area contributed by atoms with Crippen LogP contribution in [-0.4, -0.2) is 30.0 Å². The number of rotatable bonds is 3. The predicted molar refractivity (Wildman–Crippen MR) is 111 cm³/mol. The molecule has 1 aliphatic heterocycles. The molecule has 0 bridgehead atoms. The summed E-state index contributed by atoms with van der Waals surface area (Å²) < 4.78 is 0. The zero-order chi connectivity index (χ0) is 18.8. The van der Waals surface area contributed by atoms with Crippen molar-refractivity contribution < 1.29 is 4.79 Å². The van der Waals surface area contributed by atoms with Crippen LogP contribution in [0.4, 0.5) is 5.69 Å². The average molecular weight is 380 g/mol. The molecular formula is C22H22ClN3O. The second kappa shape index (κ2) is 7.57. The molecule has 1 N–H and O–H groups in total. The number of anilines is 1. The number of carbonyl (C=O) groups excluding carboxylic acids is 1. The van der Waals surface area contributed by atoms with E-state index in [1.807, 2.05) is 55.6 Å². The molecule has 0 unspecified atom stereocenters. The van der Waals surface area contributed by atoms with Gasteiger partial charge in [0, 0.05) is 47.0 Å². The van der Waals surface area contributed by atoms with Gasteiger partial charge in [0.05, 0.1) is 5.52 Å². The summed E-state index contributed by atoms with van der Waals surface area (Å²) in [5, 5.41) is 5.00. The van der Waals surface area contributed by atoms with Crippen molar-refractivity contribution in [1.29, 1.82) is 0 Å². The van der Waals surface area contributed by atoms with Crippen LogP contribution in [0, 0.1) is 6.92 Å². The first-order valence-corrected chi connectivity index (χ1v) is 9.65. The SMILES string of the molecule is Cc1cccc(C(=O)NC2CCN(c3ccnc4cc(Cl)ccc34)CC2)c1. The highest BCUT2D eigenvalue weighted by molar-refractivity contribution is 6.31. The number of aryl methyl sites for hydroxylation is 1. The Kier molecular flexibility index (Phi) is 4.99. The number of hydrogen-bond donors (Lipinski definition) is 1. The number of fused-ring (bicyclic) bond motifs is 1. The third kappa shape index (κ3) is 3.91. The lowest BCUT2D eigenvalue weighted by molar-refractivity contribution is 0.0931.